The normalized spacial score (nSPS) is 17.4. The van der Waals surface area contributed by atoms with Crippen LogP contribution < -0.4 is 24.4 Å². The van der Waals surface area contributed by atoms with E-state index in [9.17, 15) is 19.5 Å². The fraction of sp³-hybridized carbons (Fsp3) is 0.219. The van der Waals surface area contributed by atoms with Crippen molar-refractivity contribution in [2.75, 3.05) is 32.8 Å². The average Bonchev–Trinajstić information content (AvgIpc) is 3.19. The van der Waals surface area contributed by atoms with E-state index in [2.05, 4.69) is 15.3 Å². The van der Waals surface area contributed by atoms with Crippen molar-refractivity contribution in [1.82, 2.24) is 15.3 Å². The van der Waals surface area contributed by atoms with Crippen LogP contribution >= 0.6 is 0 Å². The van der Waals surface area contributed by atoms with Crippen LogP contribution in [0.25, 0.3) is 0 Å². The van der Waals surface area contributed by atoms with E-state index in [0.29, 0.717) is 16.7 Å². The lowest BCUT2D eigenvalue weighted by Gasteiger charge is -2.39. The Balaban J connectivity index is 1.77. The molecule has 12 nitrogen and oxygen atoms in total. The third-order valence-corrected chi connectivity index (χ3v) is 7.32. The number of benzene rings is 3. The topological polar surface area (TPSA) is 149 Å². The summed E-state index contributed by atoms with van der Waals surface area (Å²) in [5, 5.41) is 14.0. The lowest BCUT2D eigenvalue weighted by molar-refractivity contribution is -0.149. The molecule has 3 atom stereocenters. The number of carbonyl (C=O) groups excluding carboxylic acids is 2. The molecule has 1 aromatic heterocycles. The molecule has 0 bridgehead atoms. The van der Waals surface area contributed by atoms with Gasteiger partial charge in [-0.25, -0.2) is 9.59 Å². The number of esters is 1. The predicted octanol–water partition coefficient (Wildman–Crippen LogP) is 3.12. The van der Waals surface area contributed by atoms with Crippen LogP contribution in [-0.2, 0) is 24.7 Å². The number of carboxylic acid groups (broad SMARTS) is 1. The van der Waals surface area contributed by atoms with E-state index in [0.717, 1.165) is 0 Å². The molecule has 226 valence electrons. The highest BCUT2D eigenvalue weighted by Crippen LogP contribution is 2.44. The Morgan fingerprint density at radius 3 is 2.07 bits per heavy atom. The third-order valence-electron chi connectivity index (χ3n) is 7.32. The van der Waals surface area contributed by atoms with Crippen LogP contribution in [-0.4, -0.2) is 66.9 Å². The SMILES string of the molecule is COC(=O)[C@H](c1ccccc1)N1C(=O)CN[C@](c2ccccc2)([C@H](Oc2nc(OC)cc(OC)n2)C(=O)O)c2ccccc21. The lowest BCUT2D eigenvalue weighted by Crippen LogP contribution is -2.58. The number of amides is 1. The first-order valence-corrected chi connectivity index (χ1v) is 13.6. The van der Waals surface area contributed by atoms with Gasteiger partial charge in [0, 0.05) is 5.56 Å². The Labute approximate surface area is 253 Å². The minimum atomic E-state index is -1.75. The average molecular weight is 599 g/mol. The number of hydrogen-bond donors (Lipinski definition) is 2. The van der Waals surface area contributed by atoms with Gasteiger partial charge in [-0.1, -0.05) is 78.9 Å². The van der Waals surface area contributed by atoms with Crippen LogP contribution in [0.3, 0.4) is 0 Å². The summed E-state index contributed by atoms with van der Waals surface area (Å²) < 4.78 is 21.7. The van der Waals surface area contributed by atoms with Crippen LogP contribution in [0.1, 0.15) is 22.7 Å². The molecule has 2 heterocycles. The first-order chi connectivity index (χ1) is 21.3. The minimum Gasteiger partial charge on any atom is -0.481 e. The maximum Gasteiger partial charge on any atom is 0.347 e. The van der Waals surface area contributed by atoms with Gasteiger partial charge in [0.1, 0.15) is 5.54 Å². The quantitative estimate of drug-likeness (QED) is 0.259. The van der Waals surface area contributed by atoms with Gasteiger partial charge in [0.2, 0.25) is 23.8 Å². The number of ether oxygens (including phenoxy) is 4. The van der Waals surface area contributed by atoms with Crippen LogP contribution in [0.2, 0.25) is 0 Å². The highest BCUT2D eigenvalue weighted by Gasteiger charge is 2.53. The second kappa shape index (κ2) is 12.8. The minimum absolute atomic E-state index is 0.0871. The highest BCUT2D eigenvalue weighted by molar-refractivity contribution is 6.03. The molecule has 2 N–H and O–H groups in total. The van der Waals surface area contributed by atoms with Crippen molar-refractivity contribution < 1.29 is 38.4 Å². The van der Waals surface area contributed by atoms with Gasteiger partial charge in [0.05, 0.1) is 39.6 Å². The number of anilines is 1. The van der Waals surface area contributed by atoms with Crippen molar-refractivity contribution in [3.8, 4) is 17.8 Å². The van der Waals surface area contributed by atoms with E-state index >= 15 is 0 Å². The number of aliphatic carboxylic acids is 1. The molecular formula is C32H30N4O8. The second-order valence-electron chi connectivity index (χ2n) is 9.72. The molecule has 0 unspecified atom stereocenters. The van der Waals surface area contributed by atoms with Crippen molar-refractivity contribution in [3.63, 3.8) is 0 Å². The van der Waals surface area contributed by atoms with Crippen LogP contribution in [0, 0.1) is 0 Å². The summed E-state index contributed by atoms with van der Waals surface area (Å²) in [5.41, 5.74) is -0.0875. The summed E-state index contributed by atoms with van der Waals surface area (Å²) in [6.45, 7) is -0.376. The number of methoxy groups -OCH3 is 3. The van der Waals surface area contributed by atoms with Gasteiger partial charge < -0.3 is 24.1 Å². The molecule has 1 amide bonds. The fourth-order valence-electron chi connectivity index (χ4n) is 5.39. The molecule has 0 aliphatic carbocycles. The smallest absolute Gasteiger partial charge is 0.347 e. The van der Waals surface area contributed by atoms with Gasteiger partial charge in [-0.3, -0.25) is 15.0 Å². The molecule has 5 rings (SSSR count). The molecule has 3 aromatic carbocycles. The van der Waals surface area contributed by atoms with Crippen LogP contribution in [0.15, 0.2) is 91.0 Å². The van der Waals surface area contributed by atoms with Gasteiger partial charge in [-0.2, -0.15) is 9.97 Å². The maximum absolute atomic E-state index is 14.1. The van der Waals surface area contributed by atoms with Gasteiger partial charge in [0.15, 0.2) is 6.04 Å². The van der Waals surface area contributed by atoms with Gasteiger partial charge >= 0.3 is 17.9 Å². The zero-order valence-corrected chi connectivity index (χ0v) is 24.2. The molecule has 12 heteroatoms. The molecule has 44 heavy (non-hydrogen) atoms. The van der Waals surface area contributed by atoms with E-state index in [4.69, 9.17) is 18.9 Å². The summed E-state index contributed by atoms with van der Waals surface area (Å²) >= 11 is 0. The van der Waals surface area contributed by atoms with Crippen molar-refractivity contribution in [2.24, 2.45) is 0 Å². The molecule has 1 aliphatic rings. The summed E-state index contributed by atoms with van der Waals surface area (Å²) in [7, 11) is 4.02. The molecule has 1 aliphatic heterocycles. The maximum atomic E-state index is 14.1. The van der Waals surface area contributed by atoms with Crippen LogP contribution in [0.4, 0.5) is 5.69 Å². The predicted molar refractivity (Wildman–Crippen MR) is 158 cm³/mol. The Morgan fingerprint density at radius 1 is 0.886 bits per heavy atom. The number of hydrogen-bond acceptors (Lipinski definition) is 10. The summed E-state index contributed by atoms with van der Waals surface area (Å²) in [6.07, 6.45) is -1.75. The number of carbonyl (C=O) groups is 3. The fourth-order valence-corrected chi connectivity index (χ4v) is 5.39. The third kappa shape index (κ3) is 5.50. The Kier molecular flexibility index (Phi) is 8.72. The zero-order chi connectivity index (χ0) is 31.3. The Morgan fingerprint density at radius 2 is 1.48 bits per heavy atom. The summed E-state index contributed by atoms with van der Waals surface area (Å²) in [4.78, 5) is 50.3. The number of para-hydroxylation sites is 1. The first kappa shape index (κ1) is 30.0. The van der Waals surface area contributed by atoms with Crippen molar-refractivity contribution in [2.45, 2.75) is 17.7 Å². The van der Waals surface area contributed by atoms with E-state index in [1.165, 1.54) is 32.3 Å². The van der Waals surface area contributed by atoms with Gasteiger partial charge in [-0.15, -0.1) is 0 Å². The van der Waals surface area contributed by atoms with E-state index in [1.54, 1.807) is 84.9 Å². The van der Waals surface area contributed by atoms with Crippen molar-refractivity contribution >= 4 is 23.5 Å². The number of nitrogens with zero attached hydrogens (tertiary/aromatic N) is 3. The summed E-state index contributed by atoms with van der Waals surface area (Å²) in [5.74, 6) is -2.38. The van der Waals surface area contributed by atoms with E-state index < -0.39 is 35.5 Å². The molecule has 0 saturated carbocycles. The largest absolute Gasteiger partial charge is 0.481 e. The van der Waals surface area contributed by atoms with E-state index in [1.807, 2.05) is 0 Å². The number of fused-ring (bicyclic) bond motifs is 1. The standard InChI is InChI=1S/C32H30N4O8/c1-41-24-18-25(42-2)35-31(34-24)44-28(29(38)39)32(21-14-8-5-9-15-21)22-16-10-11-17-23(22)36(26(37)19-33-32)27(30(40)43-3)20-12-6-4-7-13-20/h4-18,27-28,33H,19H2,1-3H3,(H,38,39)/t27-,28+,32-/m0/s1. The molecule has 4 aromatic rings. The molecule has 0 spiro atoms. The first-order valence-electron chi connectivity index (χ1n) is 13.6. The zero-order valence-electron chi connectivity index (χ0n) is 24.2. The van der Waals surface area contributed by atoms with Crippen molar-refractivity contribution in [1.29, 1.82) is 0 Å². The van der Waals surface area contributed by atoms with Crippen LogP contribution in [0.5, 0.6) is 17.8 Å². The second-order valence-corrected chi connectivity index (χ2v) is 9.72. The molecule has 0 saturated heterocycles. The van der Waals surface area contributed by atoms with Gasteiger partial charge in [0.25, 0.3) is 0 Å². The van der Waals surface area contributed by atoms with Crippen molar-refractivity contribution in [3.05, 3.63) is 108 Å². The number of nitrogens with one attached hydrogen (secondary N) is 1. The number of carboxylic acids is 1. The molecule has 0 radical (unpaired) electrons. The van der Waals surface area contributed by atoms with Gasteiger partial charge in [-0.05, 0) is 17.2 Å². The lowest BCUT2D eigenvalue weighted by atomic mass is 9.77. The Hall–Kier alpha value is -5.49. The molecule has 0 fully saturated rings. The monoisotopic (exact) mass is 598 g/mol. The summed E-state index contributed by atoms with van der Waals surface area (Å²) in [6, 6.07) is 24.2. The Bertz CT molecular complexity index is 1630. The highest BCUT2D eigenvalue weighted by atomic mass is 16.5. The molecular weight excluding hydrogens is 568 g/mol. The van der Waals surface area contributed by atoms with E-state index in [-0.39, 0.29) is 30.0 Å². The number of aromatic nitrogens is 2. The number of rotatable bonds is 10.